The zero-order valence-corrected chi connectivity index (χ0v) is 47.2. The summed E-state index contributed by atoms with van der Waals surface area (Å²) in [6, 6.07) is 0. The van der Waals surface area contributed by atoms with Crippen LogP contribution in [0.15, 0.2) is 122 Å². The van der Waals surface area contributed by atoms with Crippen molar-refractivity contribution in [2.45, 2.75) is 226 Å². The summed E-state index contributed by atoms with van der Waals surface area (Å²) in [4.78, 5) is 48.5. The normalized spacial score (nSPS) is 14.3. The van der Waals surface area contributed by atoms with E-state index >= 15 is 0 Å². The SMILES string of the molecule is CC/C=C\C/C=C\C/C=C\C/C=C\C/C=C\C/C=C\CCC(=O)OCC(COP(=O)(O)OCC(CO)OC(=O)CCCCCCC/C=C\CCCCCC)OC(=O)CCCCCCC/C=C\C/C=C\C/C=C\CC. The number of unbranched alkanes of at least 4 members (excludes halogenated alkanes) is 14. The zero-order chi connectivity index (χ0) is 54.1. The lowest BCUT2D eigenvalue weighted by Gasteiger charge is -2.21. The molecule has 11 nitrogen and oxygen atoms in total. The van der Waals surface area contributed by atoms with Gasteiger partial charge < -0.3 is 24.2 Å². The second-order valence-corrected chi connectivity index (χ2v) is 19.8. The molecule has 420 valence electrons. The second-order valence-electron chi connectivity index (χ2n) is 18.3. The molecular weight excluding hydrogens is 952 g/mol. The molecule has 2 N–H and O–H groups in total. The molecule has 0 aromatic carbocycles. The molecule has 3 unspecified atom stereocenters. The zero-order valence-electron chi connectivity index (χ0n) is 46.3. The van der Waals surface area contributed by atoms with Crippen LogP contribution < -0.4 is 0 Å². The van der Waals surface area contributed by atoms with Crippen LogP contribution in [0.4, 0.5) is 0 Å². The van der Waals surface area contributed by atoms with Crippen LogP contribution in [0, 0.1) is 0 Å². The Morgan fingerprint density at radius 1 is 0.392 bits per heavy atom. The summed E-state index contributed by atoms with van der Waals surface area (Å²) in [5.74, 6) is -1.61. The fourth-order valence-corrected chi connectivity index (χ4v) is 7.88. The van der Waals surface area contributed by atoms with Gasteiger partial charge in [0.25, 0.3) is 0 Å². The van der Waals surface area contributed by atoms with Crippen LogP contribution in [0.2, 0.25) is 0 Å². The van der Waals surface area contributed by atoms with Crippen LogP contribution in [0.3, 0.4) is 0 Å². The maximum absolute atomic E-state index is 12.9. The van der Waals surface area contributed by atoms with Gasteiger partial charge in [0, 0.05) is 19.3 Å². The van der Waals surface area contributed by atoms with Crippen LogP contribution in [-0.2, 0) is 42.2 Å². The number of allylic oxidation sites excluding steroid dienone is 20. The van der Waals surface area contributed by atoms with Gasteiger partial charge in [-0.3, -0.25) is 23.4 Å². The number of rotatable bonds is 51. The van der Waals surface area contributed by atoms with Crippen molar-refractivity contribution in [3.8, 4) is 0 Å². The van der Waals surface area contributed by atoms with Crippen LogP contribution in [-0.4, -0.2) is 66.5 Å². The minimum absolute atomic E-state index is 0.0908. The Hall–Kier alpha value is -4.12. The minimum atomic E-state index is -4.78. The number of phosphoric acid groups is 1. The van der Waals surface area contributed by atoms with E-state index < -0.39 is 57.8 Å². The first-order valence-corrected chi connectivity index (χ1v) is 29.9. The lowest BCUT2D eigenvalue weighted by molar-refractivity contribution is -0.161. The lowest BCUT2D eigenvalue weighted by atomic mass is 10.1. The Bertz CT molecular complexity index is 1700. The van der Waals surface area contributed by atoms with E-state index in [1.165, 1.54) is 25.7 Å². The number of phosphoric ester groups is 1. The van der Waals surface area contributed by atoms with Crippen molar-refractivity contribution in [1.29, 1.82) is 0 Å². The second kappa shape index (κ2) is 55.1. The Morgan fingerprint density at radius 2 is 0.730 bits per heavy atom. The quantitative estimate of drug-likeness (QED) is 0.0197. The van der Waals surface area contributed by atoms with Crippen molar-refractivity contribution < 1.29 is 52.2 Å². The maximum Gasteiger partial charge on any atom is 0.472 e. The molecule has 3 atom stereocenters. The predicted octanol–water partition coefficient (Wildman–Crippen LogP) is 16.8. The van der Waals surface area contributed by atoms with Gasteiger partial charge in [-0.1, -0.05) is 200 Å². The van der Waals surface area contributed by atoms with Gasteiger partial charge in [-0.15, -0.1) is 0 Å². The maximum atomic E-state index is 12.9. The summed E-state index contributed by atoms with van der Waals surface area (Å²) in [5, 5.41) is 9.80. The summed E-state index contributed by atoms with van der Waals surface area (Å²) >= 11 is 0. The predicted molar refractivity (Wildman–Crippen MR) is 306 cm³/mol. The number of carbonyl (C=O) groups is 3. The van der Waals surface area contributed by atoms with Gasteiger partial charge in [-0.05, 0) is 116 Å². The van der Waals surface area contributed by atoms with Gasteiger partial charge in [0.2, 0.25) is 0 Å². The number of esters is 3. The standard InChI is InChI=1S/C62H101O11P/c1-4-7-10-13-16-19-22-25-27-28-29-30-32-34-36-39-42-45-48-51-60(64)69-55-59(73-62(66)53-50-47-44-41-38-35-31-26-23-20-17-14-11-8-5-2)57-71-74(67,68)70-56-58(54-63)72-61(65)52-49-46-43-40-37-33-24-21-18-15-12-9-6-3/h7-8,10-11,16-17,19-21,24-27,29-31,34,36,42,45,58-59,63H,4-6,9,12-15,18,22-23,28,32-33,35,37-41,43-44,46-57H2,1-3H3,(H,67,68)/b10-7-,11-8-,19-16-,20-17-,24-21-,27-25-,30-29-,31-26-,36-34-,45-42-. The highest BCUT2D eigenvalue weighted by Crippen LogP contribution is 2.43. The van der Waals surface area contributed by atoms with E-state index in [1.807, 2.05) is 12.2 Å². The molecule has 0 aromatic heterocycles. The number of hydrogen-bond donors (Lipinski definition) is 2. The molecule has 0 aromatic rings. The highest BCUT2D eigenvalue weighted by atomic mass is 31.2. The van der Waals surface area contributed by atoms with E-state index in [2.05, 4.69) is 130 Å². The molecule has 12 heteroatoms. The average Bonchev–Trinajstić information content (AvgIpc) is 3.39. The molecule has 0 aliphatic heterocycles. The first-order chi connectivity index (χ1) is 36.2. The largest absolute Gasteiger partial charge is 0.472 e. The summed E-state index contributed by atoms with van der Waals surface area (Å²) < 4.78 is 39.4. The van der Waals surface area contributed by atoms with Crippen molar-refractivity contribution in [2.24, 2.45) is 0 Å². The monoisotopic (exact) mass is 1050 g/mol. The fourth-order valence-electron chi connectivity index (χ4n) is 7.10. The average molecular weight is 1050 g/mol. The van der Waals surface area contributed by atoms with Crippen molar-refractivity contribution >= 4 is 25.7 Å². The number of aliphatic hydroxyl groups excluding tert-OH is 1. The number of hydrogen-bond acceptors (Lipinski definition) is 10. The molecule has 0 fully saturated rings. The highest BCUT2D eigenvalue weighted by Gasteiger charge is 2.28. The molecule has 0 spiro atoms. The Labute approximate surface area is 449 Å². The molecule has 0 saturated heterocycles. The Balaban J connectivity index is 4.88. The van der Waals surface area contributed by atoms with Gasteiger partial charge in [-0.2, -0.15) is 0 Å². The number of carbonyl (C=O) groups excluding carboxylic acids is 3. The molecule has 0 amide bonds. The van der Waals surface area contributed by atoms with Crippen molar-refractivity contribution in [1.82, 2.24) is 0 Å². The topological polar surface area (TPSA) is 155 Å². The fraction of sp³-hybridized carbons (Fsp3) is 0.629. The van der Waals surface area contributed by atoms with Gasteiger partial charge in [0.1, 0.15) is 12.7 Å². The molecule has 0 saturated carbocycles. The third-order valence-corrected chi connectivity index (χ3v) is 12.3. The molecule has 0 radical (unpaired) electrons. The van der Waals surface area contributed by atoms with E-state index in [-0.39, 0.29) is 25.9 Å². The van der Waals surface area contributed by atoms with E-state index in [9.17, 15) is 28.9 Å². The van der Waals surface area contributed by atoms with Crippen LogP contribution in [0.5, 0.6) is 0 Å². The van der Waals surface area contributed by atoms with Crippen LogP contribution in [0.1, 0.15) is 213 Å². The van der Waals surface area contributed by atoms with Crippen molar-refractivity contribution in [3.05, 3.63) is 122 Å². The molecule has 0 bridgehead atoms. The van der Waals surface area contributed by atoms with Crippen molar-refractivity contribution in [3.63, 3.8) is 0 Å². The van der Waals surface area contributed by atoms with Gasteiger partial charge >= 0.3 is 25.7 Å². The Morgan fingerprint density at radius 3 is 1.15 bits per heavy atom. The lowest BCUT2D eigenvalue weighted by Crippen LogP contribution is -2.30. The van der Waals surface area contributed by atoms with E-state index in [1.54, 1.807) is 0 Å². The van der Waals surface area contributed by atoms with Crippen molar-refractivity contribution in [2.75, 3.05) is 26.4 Å². The minimum Gasteiger partial charge on any atom is -0.462 e. The Kier molecular flexibility index (Phi) is 52.1. The van der Waals surface area contributed by atoms with Crippen LogP contribution in [0.25, 0.3) is 0 Å². The molecule has 0 heterocycles. The first-order valence-electron chi connectivity index (χ1n) is 28.4. The van der Waals surface area contributed by atoms with Gasteiger partial charge in [0.05, 0.1) is 19.8 Å². The van der Waals surface area contributed by atoms with Crippen LogP contribution >= 0.6 is 7.82 Å². The molecule has 0 aliphatic carbocycles. The molecule has 0 rings (SSSR count). The third kappa shape index (κ3) is 52.7. The molecule has 0 aliphatic rings. The smallest absolute Gasteiger partial charge is 0.462 e. The highest BCUT2D eigenvalue weighted by molar-refractivity contribution is 7.47. The third-order valence-electron chi connectivity index (χ3n) is 11.4. The van der Waals surface area contributed by atoms with Gasteiger partial charge in [-0.25, -0.2) is 4.57 Å². The van der Waals surface area contributed by atoms with E-state index in [0.717, 1.165) is 128 Å². The first kappa shape index (κ1) is 69.9. The van der Waals surface area contributed by atoms with E-state index in [4.69, 9.17) is 23.3 Å². The number of aliphatic hydroxyl groups is 1. The summed E-state index contributed by atoms with van der Waals surface area (Å²) in [5.41, 5.74) is 0. The molecule has 74 heavy (non-hydrogen) atoms. The summed E-state index contributed by atoms with van der Waals surface area (Å²) in [6.07, 6.45) is 67.4. The van der Waals surface area contributed by atoms with Gasteiger partial charge in [0.15, 0.2) is 6.10 Å². The molecular formula is C62H101O11P. The van der Waals surface area contributed by atoms with E-state index in [0.29, 0.717) is 19.3 Å². The number of ether oxygens (including phenoxy) is 3. The summed E-state index contributed by atoms with van der Waals surface area (Å²) in [7, 11) is -4.78. The summed E-state index contributed by atoms with van der Waals surface area (Å²) in [6.45, 7) is 4.27.